The van der Waals surface area contributed by atoms with Crippen molar-refractivity contribution in [3.63, 3.8) is 0 Å². The van der Waals surface area contributed by atoms with Crippen LogP contribution in [0.1, 0.15) is 12.5 Å². The van der Waals surface area contributed by atoms with Gasteiger partial charge in [0.05, 0.1) is 0 Å². The third-order valence-electron chi connectivity index (χ3n) is 3.11. The Kier molecular flexibility index (Phi) is 3.54. The standard InChI is InChI=1S/C12H17ClN4/c1-8-7-16-2-3-17(8)12-5-9(13)4-11(15)10(12)6-14/h4-6,8,14,16H,2-3,7,15H2,1H3/t8-/m1/s1. The number of benzene rings is 1. The second-order valence-electron chi connectivity index (χ2n) is 4.32. The topological polar surface area (TPSA) is 65.1 Å². The molecule has 0 bridgehead atoms. The summed E-state index contributed by atoms with van der Waals surface area (Å²) < 4.78 is 0. The van der Waals surface area contributed by atoms with E-state index in [-0.39, 0.29) is 0 Å². The smallest absolute Gasteiger partial charge is 0.0494 e. The Bertz CT molecular complexity index is 433. The summed E-state index contributed by atoms with van der Waals surface area (Å²) in [7, 11) is 0. The summed E-state index contributed by atoms with van der Waals surface area (Å²) in [6, 6.07) is 3.96. The minimum absolute atomic E-state index is 0.375. The lowest BCUT2D eigenvalue weighted by atomic mass is 10.1. The normalized spacial score (nSPS) is 20.4. The monoisotopic (exact) mass is 252 g/mol. The third kappa shape index (κ3) is 2.37. The first-order valence-corrected chi connectivity index (χ1v) is 6.08. The molecule has 1 aromatic carbocycles. The van der Waals surface area contributed by atoms with Gasteiger partial charge in [-0.15, -0.1) is 0 Å². The summed E-state index contributed by atoms with van der Waals surface area (Å²) in [5.41, 5.74) is 8.18. The Labute approximate surface area is 106 Å². The highest BCUT2D eigenvalue weighted by Crippen LogP contribution is 2.30. The molecule has 1 fully saturated rings. The van der Waals surface area contributed by atoms with Crippen molar-refractivity contribution in [2.75, 3.05) is 30.3 Å². The van der Waals surface area contributed by atoms with Crippen molar-refractivity contribution in [1.82, 2.24) is 5.32 Å². The minimum atomic E-state index is 0.375. The van der Waals surface area contributed by atoms with E-state index < -0.39 is 0 Å². The molecule has 1 aliphatic rings. The van der Waals surface area contributed by atoms with Gasteiger partial charge < -0.3 is 21.4 Å². The Morgan fingerprint density at radius 1 is 1.59 bits per heavy atom. The lowest BCUT2D eigenvalue weighted by Gasteiger charge is -2.37. The van der Waals surface area contributed by atoms with Gasteiger partial charge in [0, 0.05) is 53.9 Å². The highest BCUT2D eigenvalue weighted by atomic mass is 35.5. The number of hydrogen-bond donors (Lipinski definition) is 3. The van der Waals surface area contributed by atoms with Crippen molar-refractivity contribution in [3.8, 4) is 0 Å². The van der Waals surface area contributed by atoms with Crippen LogP contribution in [0.5, 0.6) is 0 Å². The highest BCUT2D eigenvalue weighted by molar-refractivity contribution is 6.31. The SMILES string of the molecule is C[C@@H]1CNCCN1c1cc(Cl)cc(N)c1C=N. The van der Waals surface area contributed by atoms with Crippen LogP contribution in [0.2, 0.25) is 5.02 Å². The maximum Gasteiger partial charge on any atom is 0.0494 e. The van der Waals surface area contributed by atoms with Gasteiger partial charge in [-0.05, 0) is 19.1 Å². The van der Waals surface area contributed by atoms with Gasteiger partial charge in [0.1, 0.15) is 0 Å². The number of nitrogen functional groups attached to an aromatic ring is 1. The van der Waals surface area contributed by atoms with Crippen LogP contribution in [-0.2, 0) is 0 Å². The second kappa shape index (κ2) is 4.94. The number of rotatable bonds is 2. The van der Waals surface area contributed by atoms with E-state index in [1.807, 2.05) is 6.07 Å². The molecular formula is C12H17ClN4. The number of hydrogen-bond acceptors (Lipinski definition) is 4. The number of piperazine rings is 1. The summed E-state index contributed by atoms with van der Waals surface area (Å²) in [6.45, 7) is 4.93. The molecule has 0 saturated carbocycles. The lowest BCUT2D eigenvalue weighted by Crippen LogP contribution is -2.50. The van der Waals surface area contributed by atoms with E-state index in [9.17, 15) is 0 Å². The minimum Gasteiger partial charge on any atom is -0.398 e. The molecule has 0 aliphatic carbocycles. The van der Waals surface area contributed by atoms with Crippen molar-refractivity contribution in [2.45, 2.75) is 13.0 Å². The summed E-state index contributed by atoms with van der Waals surface area (Å²) >= 11 is 6.05. The Morgan fingerprint density at radius 2 is 2.35 bits per heavy atom. The van der Waals surface area contributed by atoms with Crippen molar-refractivity contribution in [1.29, 1.82) is 5.41 Å². The van der Waals surface area contributed by atoms with E-state index in [1.54, 1.807) is 6.07 Å². The van der Waals surface area contributed by atoms with Crippen molar-refractivity contribution >= 4 is 29.2 Å². The van der Waals surface area contributed by atoms with Gasteiger partial charge in [-0.3, -0.25) is 0 Å². The van der Waals surface area contributed by atoms with Crippen molar-refractivity contribution in [2.24, 2.45) is 0 Å². The molecule has 1 heterocycles. The molecule has 0 aromatic heterocycles. The molecule has 1 aliphatic heterocycles. The van der Waals surface area contributed by atoms with Crippen molar-refractivity contribution < 1.29 is 0 Å². The zero-order chi connectivity index (χ0) is 12.4. The molecule has 92 valence electrons. The number of anilines is 2. The predicted octanol–water partition coefficient (Wildman–Crippen LogP) is 1.72. The molecule has 17 heavy (non-hydrogen) atoms. The first kappa shape index (κ1) is 12.2. The van der Waals surface area contributed by atoms with E-state index in [0.29, 0.717) is 16.8 Å². The predicted molar refractivity (Wildman–Crippen MR) is 73.4 cm³/mol. The van der Waals surface area contributed by atoms with Crippen LogP contribution < -0.4 is 16.0 Å². The molecule has 0 spiro atoms. The third-order valence-corrected chi connectivity index (χ3v) is 3.33. The quantitative estimate of drug-likeness (QED) is 0.555. The molecule has 0 radical (unpaired) electrons. The lowest BCUT2D eigenvalue weighted by molar-refractivity contribution is 0.501. The van der Waals surface area contributed by atoms with Crippen LogP contribution in [0.4, 0.5) is 11.4 Å². The zero-order valence-corrected chi connectivity index (χ0v) is 10.6. The molecule has 4 N–H and O–H groups in total. The van der Waals surface area contributed by atoms with Gasteiger partial charge in [-0.25, -0.2) is 0 Å². The summed E-state index contributed by atoms with van der Waals surface area (Å²) in [5.74, 6) is 0. The summed E-state index contributed by atoms with van der Waals surface area (Å²) in [6.07, 6.45) is 1.30. The largest absolute Gasteiger partial charge is 0.398 e. The molecule has 2 rings (SSSR count). The molecule has 1 aromatic rings. The molecule has 1 saturated heterocycles. The van der Waals surface area contributed by atoms with Crippen LogP contribution in [0.25, 0.3) is 0 Å². The Hall–Kier alpha value is -1.26. The first-order chi connectivity index (χ1) is 8.13. The zero-order valence-electron chi connectivity index (χ0n) is 9.83. The average Bonchev–Trinajstić information content (AvgIpc) is 2.28. The van der Waals surface area contributed by atoms with E-state index >= 15 is 0 Å². The van der Waals surface area contributed by atoms with Crippen LogP contribution in [0.15, 0.2) is 12.1 Å². The maximum absolute atomic E-state index is 7.49. The van der Waals surface area contributed by atoms with Gasteiger partial charge in [0.25, 0.3) is 0 Å². The van der Waals surface area contributed by atoms with Crippen LogP contribution in [0, 0.1) is 5.41 Å². The van der Waals surface area contributed by atoms with Gasteiger partial charge in [0.15, 0.2) is 0 Å². The van der Waals surface area contributed by atoms with Crippen molar-refractivity contribution in [3.05, 3.63) is 22.7 Å². The van der Waals surface area contributed by atoms with Crippen LogP contribution in [-0.4, -0.2) is 31.9 Å². The van der Waals surface area contributed by atoms with Crippen LogP contribution in [0.3, 0.4) is 0 Å². The second-order valence-corrected chi connectivity index (χ2v) is 4.76. The van der Waals surface area contributed by atoms with E-state index in [0.717, 1.165) is 30.9 Å². The van der Waals surface area contributed by atoms with Gasteiger partial charge in [-0.2, -0.15) is 0 Å². The fourth-order valence-electron chi connectivity index (χ4n) is 2.22. The molecule has 0 amide bonds. The number of nitrogens with zero attached hydrogens (tertiary/aromatic N) is 1. The maximum atomic E-state index is 7.49. The van der Waals surface area contributed by atoms with Crippen LogP contribution >= 0.6 is 11.6 Å². The average molecular weight is 253 g/mol. The summed E-state index contributed by atoms with van der Waals surface area (Å²) in [5, 5.41) is 11.4. The molecule has 4 nitrogen and oxygen atoms in total. The fourth-order valence-corrected chi connectivity index (χ4v) is 2.44. The molecule has 1 atom stereocenters. The Balaban J connectivity index is 2.45. The van der Waals surface area contributed by atoms with E-state index in [4.69, 9.17) is 22.7 Å². The van der Waals surface area contributed by atoms with Gasteiger partial charge in [-0.1, -0.05) is 11.6 Å². The first-order valence-electron chi connectivity index (χ1n) is 5.70. The fraction of sp³-hybridized carbons (Fsp3) is 0.417. The van der Waals surface area contributed by atoms with E-state index in [1.165, 1.54) is 6.21 Å². The highest BCUT2D eigenvalue weighted by Gasteiger charge is 2.21. The van der Waals surface area contributed by atoms with E-state index in [2.05, 4.69) is 17.1 Å². The molecule has 0 unspecified atom stereocenters. The molecule has 5 heteroatoms. The Morgan fingerprint density at radius 3 is 3.00 bits per heavy atom. The van der Waals surface area contributed by atoms with Gasteiger partial charge >= 0.3 is 0 Å². The number of nitrogens with one attached hydrogen (secondary N) is 2. The molecular weight excluding hydrogens is 236 g/mol. The summed E-state index contributed by atoms with van der Waals surface area (Å²) in [4.78, 5) is 2.25. The van der Waals surface area contributed by atoms with Gasteiger partial charge in [0.2, 0.25) is 0 Å². The number of nitrogens with two attached hydrogens (primary N) is 1. The number of halogens is 1.